The number of aromatic nitrogens is 2. The number of thioether (sulfide) groups is 1. The van der Waals surface area contributed by atoms with Crippen LogP contribution in [-0.4, -0.2) is 46.7 Å². The van der Waals surface area contributed by atoms with Gasteiger partial charge in [0, 0.05) is 37.2 Å². The van der Waals surface area contributed by atoms with Crippen molar-refractivity contribution < 1.29 is 4.79 Å². The number of hydrogen-bond acceptors (Lipinski definition) is 6. The molecule has 0 spiro atoms. The Morgan fingerprint density at radius 3 is 2.73 bits per heavy atom. The number of rotatable bonds is 7. The molecule has 0 saturated carbocycles. The number of aromatic amines is 1. The second-order valence-electron chi connectivity index (χ2n) is 9.01. The van der Waals surface area contributed by atoms with Gasteiger partial charge in [0.05, 0.1) is 16.9 Å². The highest BCUT2D eigenvalue weighted by Crippen LogP contribution is 2.34. The first kappa shape index (κ1) is 22.5. The van der Waals surface area contributed by atoms with E-state index in [1.165, 1.54) is 47.2 Å². The molecule has 3 heterocycles. The molecular formula is C25H30N4O2S2. The Labute approximate surface area is 202 Å². The van der Waals surface area contributed by atoms with Gasteiger partial charge in [-0.15, -0.1) is 23.1 Å². The Morgan fingerprint density at radius 2 is 1.94 bits per heavy atom. The summed E-state index contributed by atoms with van der Waals surface area (Å²) in [6, 6.07) is 8.60. The summed E-state index contributed by atoms with van der Waals surface area (Å²) in [5.41, 5.74) is 3.58. The largest absolute Gasteiger partial charge is 0.372 e. The molecule has 2 aromatic heterocycles. The summed E-state index contributed by atoms with van der Waals surface area (Å²) in [5.74, 6) is 1.63. The van der Waals surface area contributed by atoms with Crippen LogP contribution in [0.5, 0.6) is 0 Å². The summed E-state index contributed by atoms with van der Waals surface area (Å²) in [5, 5.41) is 0.781. The second kappa shape index (κ2) is 9.89. The minimum Gasteiger partial charge on any atom is -0.372 e. The fourth-order valence-corrected chi connectivity index (χ4v) is 6.89. The number of thiophene rings is 1. The van der Waals surface area contributed by atoms with Crippen molar-refractivity contribution in [1.29, 1.82) is 0 Å². The number of benzene rings is 1. The molecule has 1 aromatic carbocycles. The maximum Gasteiger partial charge on any atom is 0.259 e. The average Bonchev–Trinajstić information content (AvgIpc) is 3.41. The molecule has 0 bridgehead atoms. The van der Waals surface area contributed by atoms with E-state index in [2.05, 4.69) is 39.1 Å². The van der Waals surface area contributed by atoms with Crippen LogP contribution in [0.4, 0.5) is 5.69 Å². The van der Waals surface area contributed by atoms with E-state index in [9.17, 15) is 9.59 Å². The Bertz CT molecular complexity index is 1200. The molecule has 3 aromatic rings. The average molecular weight is 483 g/mol. The number of piperidine rings is 1. The lowest BCUT2D eigenvalue weighted by atomic mass is 10.1. The summed E-state index contributed by atoms with van der Waals surface area (Å²) in [7, 11) is 1.85. The SMILES string of the molecule is CN(Cc1ccc(N2CCCCC2)cc1)C(=O)CSCc1nc2sc3c(c2c(=O)[nH]1)CCC3. The number of carbonyl (C=O) groups excluding carboxylic acids is 1. The van der Waals surface area contributed by atoms with Crippen LogP contribution in [-0.2, 0) is 29.9 Å². The molecule has 1 N–H and O–H groups in total. The fourth-order valence-electron chi connectivity index (χ4n) is 4.79. The number of carbonyl (C=O) groups is 1. The molecule has 5 rings (SSSR count). The molecule has 1 amide bonds. The van der Waals surface area contributed by atoms with Gasteiger partial charge in [-0.05, 0) is 61.8 Å². The fraction of sp³-hybridized carbons (Fsp3) is 0.480. The van der Waals surface area contributed by atoms with Crippen molar-refractivity contribution in [3.8, 4) is 0 Å². The van der Waals surface area contributed by atoms with Crippen LogP contribution in [0, 0.1) is 0 Å². The van der Waals surface area contributed by atoms with Crippen molar-refractivity contribution in [2.24, 2.45) is 0 Å². The number of nitrogens with one attached hydrogen (secondary N) is 1. The smallest absolute Gasteiger partial charge is 0.259 e. The Morgan fingerprint density at radius 1 is 1.15 bits per heavy atom. The normalized spacial score (nSPS) is 15.7. The van der Waals surface area contributed by atoms with Crippen LogP contribution in [0.15, 0.2) is 29.1 Å². The highest BCUT2D eigenvalue weighted by Gasteiger charge is 2.21. The zero-order valence-electron chi connectivity index (χ0n) is 19.1. The van der Waals surface area contributed by atoms with E-state index >= 15 is 0 Å². The van der Waals surface area contributed by atoms with Crippen LogP contribution in [0.3, 0.4) is 0 Å². The number of amides is 1. The third kappa shape index (κ3) is 4.96. The first-order chi connectivity index (χ1) is 16.1. The molecule has 2 aliphatic rings. The van der Waals surface area contributed by atoms with E-state index in [1.807, 2.05) is 7.05 Å². The van der Waals surface area contributed by atoms with Crippen LogP contribution < -0.4 is 10.5 Å². The maximum atomic E-state index is 12.6. The van der Waals surface area contributed by atoms with E-state index in [0.717, 1.165) is 48.1 Å². The standard InChI is InChI=1S/C25H30N4O2S2/c1-28(14-17-8-10-18(11-9-17)29-12-3-2-4-13-29)22(30)16-32-15-21-26-24(31)23-19-6-5-7-20(19)33-25(23)27-21/h8-11H,2-7,12-16H2,1H3,(H,26,27,31). The third-order valence-electron chi connectivity index (χ3n) is 6.59. The number of fused-ring (bicyclic) bond motifs is 3. The van der Waals surface area contributed by atoms with Gasteiger partial charge < -0.3 is 14.8 Å². The highest BCUT2D eigenvalue weighted by atomic mass is 32.2. The maximum absolute atomic E-state index is 12.6. The summed E-state index contributed by atoms with van der Waals surface area (Å²) < 4.78 is 0. The van der Waals surface area contributed by atoms with Gasteiger partial charge in [-0.25, -0.2) is 4.98 Å². The lowest BCUT2D eigenvalue weighted by molar-refractivity contribution is -0.127. The molecule has 0 radical (unpaired) electrons. The van der Waals surface area contributed by atoms with Gasteiger partial charge in [0.15, 0.2) is 0 Å². The van der Waals surface area contributed by atoms with Crippen LogP contribution >= 0.6 is 23.1 Å². The molecule has 0 unspecified atom stereocenters. The van der Waals surface area contributed by atoms with Gasteiger partial charge in [0.1, 0.15) is 10.7 Å². The minimum atomic E-state index is -0.0357. The molecule has 6 nitrogen and oxygen atoms in total. The molecule has 33 heavy (non-hydrogen) atoms. The van der Waals surface area contributed by atoms with E-state index in [-0.39, 0.29) is 11.5 Å². The molecule has 1 aliphatic carbocycles. The van der Waals surface area contributed by atoms with Crippen LogP contribution in [0.25, 0.3) is 10.2 Å². The summed E-state index contributed by atoms with van der Waals surface area (Å²) >= 11 is 3.15. The van der Waals surface area contributed by atoms with Crippen molar-refractivity contribution in [1.82, 2.24) is 14.9 Å². The quantitative estimate of drug-likeness (QED) is 0.542. The van der Waals surface area contributed by atoms with Crippen molar-refractivity contribution in [2.45, 2.75) is 50.8 Å². The van der Waals surface area contributed by atoms with E-state index in [0.29, 0.717) is 23.9 Å². The van der Waals surface area contributed by atoms with Crippen molar-refractivity contribution in [3.05, 3.63) is 56.4 Å². The van der Waals surface area contributed by atoms with E-state index in [1.54, 1.807) is 16.2 Å². The van der Waals surface area contributed by atoms with Gasteiger partial charge in [-0.2, -0.15) is 0 Å². The zero-order valence-corrected chi connectivity index (χ0v) is 20.7. The van der Waals surface area contributed by atoms with Gasteiger partial charge in [0.2, 0.25) is 5.91 Å². The lowest BCUT2D eigenvalue weighted by Gasteiger charge is -2.29. The van der Waals surface area contributed by atoms with Gasteiger partial charge >= 0.3 is 0 Å². The van der Waals surface area contributed by atoms with Gasteiger partial charge in [0.25, 0.3) is 5.56 Å². The van der Waals surface area contributed by atoms with E-state index < -0.39 is 0 Å². The highest BCUT2D eigenvalue weighted by molar-refractivity contribution is 7.99. The van der Waals surface area contributed by atoms with Crippen LogP contribution in [0.2, 0.25) is 0 Å². The van der Waals surface area contributed by atoms with Crippen molar-refractivity contribution >= 4 is 44.9 Å². The monoisotopic (exact) mass is 482 g/mol. The lowest BCUT2D eigenvalue weighted by Crippen LogP contribution is -2.29. The van der Waals surface area contributed by atoms with E-state index in [4.69, 9.17) is 0 Å². The van der Waals surface area contributed by atoms with Gasteiger partial charge in [-0.3, -0.25) is 9.59 Å². The second-order valence-corrected chi connectivity index (χ2v) is 11.1. The summed E-state index contributed by atoms with van der Waals surface area (Å²) in [6.45, 7) is 2.87. The Hall–Kier alpha value is -2.32. The number of anilines is 1. The first-order valence-electron chi connectivity index (χ1n) is 11.8. The zero-order chi connectivity index (χ0) is 22.8. The number of hydrogen-bond donors (Lipinski definition) is 1. The molecule has 174 valence electrons. The molecule has 1 aliphatic heterocycles. The van der Waals surface area contributed by atoms with Crippen LogP contribution in [0.1, 0.15) is 47.5 Å². The Balaban J connectivity index is 1.13. The van der Waals surface area contributed by atoms with Gasteiger partial charge in [-0.1, -0.05) is 12.1 Å². The topological polar surface area (TPSA) is 69.3 Å². The first-order valence-corrected chi connectivity index (χ1v) is 13.7. The Kier molecular flexibility index (Phi) is 6.74. The van der Waals surface area contributed by atoms with Crippen molar-refractivity contribution in [3.63, 3.8) is 0 Å². The molecular weight excluding hydrogens is 452 g/mol. The molecule has 0 atom stereocenters. The molecule has 1 saturated heterocycles. The summed E-state index contributed by atoms with van der Waals surface area (Å²) in [6.07, 6.45) is 7.03. The summed E-state index contributed by atoms with van der Waals surface area (Å²) in [4.78, 5) is 39.2. The van der Waals surface area contributed by atoms with Crippen molar-refractivity contribution in [2.75, 3.05) is 30.8 Å². The predicted octanol–water partition coefficient (Wildman–Crippen LogP) is 4.36. The molecule has 1 fully saturated rings. The number of H-pyrrole nitrogens is 1. The predicted molar refractivity (Wildman–Crippen MR) is 137 cm³/mol. The molecule has 8 heteroatoms. The number of aryl methyl sites for hydroxylation is 2. The minimum absolute atomic E-state index is 0.0357. The number of nitrogens with zero attached hydrogens (tertiary/aromatic N) is 3. The third-order valence-corrected chi connectivity index (χ3v) is 8.71.